The number of hydrogen-bond donors (Lipinski definition) is 2. The molecule has 0 aliphatic heterocycles. The van der Waals surface area contributed by atoms with E-state index in [0.29, 0.717) is 12.4 Å². The number of nitrogens with two attached hydrogens (primary N) is 1. The van der Waals surface area contributed by atoms with Crippen molar-refractivity contribution < 1.29 is 4.74 Å². The average Bonchev–Trinajstić information content (AvgIpc) is 2.29. The SMILES string of the molecule is CCC(C)(CN)Nc1ccnc(OC)c1. The third-order valence-corrected chi connectivity index (χ3v) is 2.62. The number of hydrogen-bond acceptors (Lipinski definition) is 4. The van der Waals surface area contributed by atoms with E-state index in [1.807, 2.05) is 12.1 Å². The lowest BCUT2D eigenvalue weighted by molar-refractivity contribution is 0.398. The number of ether oxygens (including phenoxy) is 1. The molecule has 1 aromatic rings. The fourth-order valence-electron chi connectivity index (χ4n) is 1.23. The molecular formula is C11H19N3O. The van der Waals surface area contributed by atoms with Crippen molar-refractivity contribution in [2.24, 2.45) is 5.73 Å². The van der Waals surface area contributed by atoms with Crippen LogP contribution in [0.3, 0.4) is 0 Å². The molecule has 4 nitrogen and oxygen atoms in total. The topological polar surface area (TPSA) is 60.2 Å². The number of pyridine rings is 1. The van der Waals surface area contributed by atoms with Crippen LogP contribution in [0.5, 0.6) is 5.88 Å². The molecule has 0 amide bonds. The van der Waals surface area contributed by atoms with Crippen molar-refractivity contribution in [1.82, 2.24) is 4.98 Å². The van der Waals surface area contributed by atoms with Gasteiger partial charge in [0.05, 0.1) is 7.11 Å². The van der Waals surface area contributed by atoms with Gasteiger partial charge in [-0.15, -0.1) is 0 Å². The van der Waals surface area contributed by atoms with Crippen molar-refractivity contribution >= 4 is 5.69 Å². The summed E-state index contributed by atoms with van der Waals surface area (Å²) in [6, 6.07) is 3.77. The summed E-state index contributed by atoms with van der Waals surface area (Å²) in [6.07, 6.45) is 2.68. The van der Waals surface area contributed by atoms with Crippen LogP contribution in [0.1, 0.15) is 20.3 Å². The number of nitrogens with one attached hydrogen (secondary N) is 1. The van der Waals surface area contributed by atoms with Crippen LogP contribution in [0.2, 0.25) is 0 Å². The van der Waals surface area contributed by atoms with Gasteiger partial charge < -0.3 is 15.8 Å². The van der Waals surface area contributed by atoms with E-state index in [1.165, 1.54) is 0 Å². The molecule has 0 aromatic carbocycles. The van der Waals surface area contributed by atoms with Crippen molar-refractivity contribution in [3.8, 4) is 5.88 Å². The third-order valence-electron chi connectivity index (χ3n) is 2.62. The molecule has 4 heteroatoms. The van der Waals surface area contributed by atoms with E-state index in [-0.39, 0.29) is 5.54 Å². The van der Waals surface area contributed by atoms with Crippen molar-refractivity contribution in [3.63, 3.8) is 0 Å². The molecule has 0 saturated carbocycles. The molecule has 15 heavy (non-hydrogen) atoms. The van der Waals surface area contributed by atoms with Crippen LogP contribution < -0.4 is 15.8 Å². The zero-order valence-corrected chi connectivity index (χ0v) is 9.58. The molecule has 0 spiro atoms. The van der Waals surface area contributed by atoms with Crippen LogP contribution >= 0.6 is 0 Å². The van der Waals surface area contributed by atoms with Gasteiger partial charge in [0.25, 0.3) is 0 Å². The van der Waals surface area contributed by atoms with Gasteiger partial charge in [-0.2, -0.15) is 0 Å². The first-order chi connectivity index (χ1) is 7.13. The molecule has 0 aliphatic carbocycles. The molecule has 3 N–H and O–H groups in total. The molecule has 0 aliphatic rings. The Kier molecular flexibility index (Phi) is 3.91. The second kappa shape index (κ2) is 4.98. The average molecular weight is 209 g/mol. The number of nitrogens with zero attached hydrogens (tertiary/aromatic N) is 1. The monoisotopic (exact) mass is 209 g/mol. The highest BCUT2D eigenvalue weighted by molar-refractivity contribution is 5.47. The van der Waals surface area contributed by atoms with Gasteiger partial charge in [-0.25, -0.2) is 4.98 Å². The Morgan fingerprint density at radius 3 is 2.87 bits per heavy atom. The van der Waals surface area contributed by atoms with E-state index in [1.54, 1.807) is 13.3 Å². The summed E-state index contributed by atoms with van der Waals surface area (Å²) in [7, 11) is 1.61. The molecule has 1 unspecified atom stereocenters. The summed E-state index contributed by atoms with van der Waals surface area (Å²) >= 11 is 0. The van der Waals surface area contributed by atoms with Crippen LogP contribution in [0, 0.1) is 0 Å². The van der Waals surface area contributed by atoms with E-state index in [4.69, 9.17) is 10.5 Å². The Labute approximate surface area is 90.8 Å². The summed E-state index contributed by atoms with van der Waals surface area (Å²) in [5, 5.41) is 3.38. The first kappa shape index (κ1) is 11.8. The largest absolute Gasteiger partial charge is 0.481 e. The minimum Gasteiger partial charge on any atom is -0.481 e. The molecule has 1 heterocycles. The van der Waals surface area contributed by atoms with Crippen LogP contribution in [-0.4, -0.2) is 24.2 Å². The fourth-order valence-corrected chi connectivity index (χ4v) is 1.23. The summed E-state index contributed by atoms with van der Waals surface area (Å²) in [6.45, 7) is 4.80. The fraction of sp³-hybridized carbons (Fsp3) is 0.545. The van der Waals surface area contributed by atoms with Gasteiger partial charge in [-0.1, -0.05) is 6.92 Å². The van der Waals surface area contributed by atoms with Gasteiger partial charge in [-0.3, -0.25) is 0 Å². The predicted octanol–water partition coefficient (Wildman–Crippen LogP) is 1.63. The Bertz CT molecular complexity index is 310. The molecule has 1 aromatic heterocycles. The van der Waals surface area contributed by atoms with E-state index in [0.717, 1.165) is 12.1 Å². The van der Waals surface area contributed by atoms with Crippen LogP contribution in [0.25, 0.3) is 0 Å². The van der Waals surface area contributed by atoms with Crippen molar-refractivity contribution in [2.75, 3.05) is 19.0 Å². The molecule has 0 bridgehead atoms. The maximum absolute atomic E-state index is 5.73. The summed E-state index contributed by atoms with van der Waals surface area (Å²) in [5.41, 5.74) is 6.63. The summed E-state index contributed by atoms with van der Waals surface area (Å²) in [4.78, 5) is 4.05. The molecular weight excluding hydrogens is 190 g/mol. The van der Waals surface area contributed by atoms with Gasteiger partial charge in [0, 0.05) is 30.0 Å². The molecule has 0 fully saturated rings. The number of aromatic nitrogens is 1. The van der Waals surface area contributed by atoms with E-state index < -0.39 is 0 Å². The minimum absolute atomic E-state index is 0.0770. The Morgan fingerprint density at radius 1 is 1.60 bits per heavy atom. The van der Waals surface area contributed by atoms with Gasteiger partial charge in [0.2, 0.25) is 5.88 Å². The minimum atomic E-state index is -0.0770. The number of methoxy groups -OCH3 is 1. The zero-order valence-electron chi connectivity index (χ0n) is 9.58. The Balaban J connectivity index is 2.79. The number of anilines is 1. The lowest BCUT2D eigenvalue weighted by atomic mass is 9.99. The van der Waals surface area contributed by atoms with E-state index in [9.17, 15) is 0 Å². The van der Waals surface area contributed by atoms with E-state index >= 15 is 0 Å². The Hall–Kier alpha value is -1.29. The normalized spacial score (nSPS) is 14.4. The zero-order chi connectivity index (χ0) is 11.3. The quantitative estimate of drug-likeness (QED) is 0.773. The standard InChI is InChI=1S/C11H19N3O/c1-4-11(2,8-12)14-9-5-6-13-10(7-9)15-3/h5-7H,4,8,12H2,1-3H3,(H,13,14). The molecule has 1 atom stereocenters. The Morgan fingerprint density at radius 2 is 2.33 bits per heavy atom. The molecule has 0 saturated heterocycles. The summed E-state index contributed by atoms with van der Waals surface area (Å²) in [5.74, 6) is 0.607. The van der Waals surface area contributed by atoms with Gasteiger partial charge in [0.1, 0.15) is 0 Å². The highest BCUT2D eigenvalue weighted by atomic mass is 16.5. The van der Waals surface area contributed by atoms with Crippen LogP contribution in [0.15, 0.2) is 18.3 Å². The second-order valence-electron chi connectivity index (χ2n) is 3.83. The first-order valence-corrected chi connectivity index (χ1v) is 5.12. The molecule has 1 rings (SSSR count). The predicted molar refractivity (Wildman–Crippen MR) is 62.2 cm³/mol. The smallest absolute Gasteiger partial charge is 0.214 e. The number of rotatable bonds is 5. The van der Waals surface area contributed by atoms with Crippen LogP contribution in [0.4, 0.5) is 5.69 Å². The van der Waals surface area contributed by atoms with Crippen molar-refractivity contribution in [3.05, 3.63) is 18.3 Å². The van der Waals surface area contributed by atoms with E-state index in [2.05, 4.69) is 24.1 Å². The second-order valence-corrected chi connectivity index (χ2v) is 3.83. The van der Waals surface area contributed by atoms with Gasteiger partial charge in [-0.05, 0) is 19.4 Å². The maximum atomic E-state index is 5.73. The van der Waals surface area contributed by atoms with Crippen molar-refractivity contribution in [2.45, 2.75) is 25.8 Å². The summed E-state index contributed by atoms with van der Waals surface area (Å²) < 4.78 is 5.05. The highest BCUT2D eigenvalue weighted by Crippen LogP contribution is 2.19. The third kappa shape index (κ3) is 3.09. The highest BCUT2D eigenvalue weighted by Gasteiger charge is 2.19. The van der Waals surface area contributed by atoms with Crippen molar-refractivity contribution in [1.29, 1.82) is 0 Å². The molecule has 0 radical (unpaired) electrons. The molecule has 84 valence electrons. The lowest BCUT2D eigenvalue weighted by Gasteiger charge is -2.29. The van der Waals surface area contributed by atoms with Gasteiger partial charge in [0.15, 0.2) is 0 Å². The first-order valence-electron chi connectivity index (χ1n) is 5.12. The maximum Gasteiger partial charge on any atom is 0.214 e. The lowest BCUT2D eigenvalue weighted by Crippen LogP contribution is -2.41. The van der Waals surface area contributed by atoms with Gasteiger partial charge >= 0.3 is 0 Å². The van der Waals surface area contributed by atoms with Crippen LogP contribution in [-0.2, 0) is 0 Å².